The fourth-order valence-electron chi connectivity index (χ4n) is 3.45. The minimum Gasteiger partial charge on any atom is -0.487 e. The van der Waals surface area contributed by atoms with E-state index in [1.165, 1.54) is 18.5 Å². The van der Waals surface area contributed by atoms with Crippen molar-refractivity contribution in [1.29, 1.82) is 0 Å². The predicted octanol–water partition coefficient (Wildman–Crippen LogP) is 4.70. The van der Waals surface area contributed by atoms with Crippen molar-refractivity contribution in [2.45, 2.75) is 32.8 Å². The number of carbonyl (C=O) groups is 1. The molecule has 29 heavy (non-hydrogen) atoms. The number of nitrogens with one attached hydrogen (secondary N) is 1. The van der Waals surface area contributed by atoms with E-state index >= 15 is 0 Å². The van der Waals surface area contributed by atoms with Crippen LogP contribution < -0.4 is 10.1 Å². The zero-order chi connectivity index (χ0) is 20.8. The van der Waals surface area contributed by atoms with Crippen LogP contribution >= 0.6 is 0 Å². The Balaban J connectivity index is 1.57. The van der Waals surface area contributed by atoms with Crippen LogP contribution in [0.15, 0.2) is 42.7 Å². The Hall–Kier alpha value is -3.35. The van der Waals surface area contributed by atoms with Crippen LogP contribution in [-0.4, -0.2) is 21.5 Å². The summed E-state index contributed by atoms with van der Waals surface area (Å²) in [6.45, 7) is 6.04. The quantitative estimate of drug-likeness (QED) is 0.698. The maximum absolute atomic E-state index is 13.8. The number of halogens is 2. The summed E-state index contributed by atoms with van der Waals surface area (Å²) in [6, 6.07) is 7.26. The third-order valence-corrected chi connectivity index (χ3v) is 4.77. The van der Waals surface area contributed by atoms with Gasteiger partial charge in [-0.25, -0.2) is 13.8 Å². The Kier molecular flexibility index (Phi) is 4.53. The Morgan fingerprint density at radius 3 is 2.52 bits per heavy atom. The molecule has 1 N–H and O–H groups in total. The molecule has 2 aromatic carbocycles. The Morgan fingerprint density at radius 1 is 1.14 bits per heavy atom. The summed E-state index contributed by atoms with van der Waals surface area (Å²) in [6.07, 6.45) is 3.67. The lowest BCUT2D eigenvalue weighted by Gasteiger charge is -2.16. The maximum atomic E-state index is 13.8. The van der Waals surface area contributed by atoms with E-state index in [4.69, 9.17) is 4.74 Å². The van der Waals surface area contributed by atoms with E-state index in [0.29, 0.717) is 5.69 Å². The lowest BCUT2D eigenvalue weighted by molar-refractivity contribution is 0.101. The molecule has 2 heterocycles. The second-order valence-electron chi connectivity index (χ2n) is 7.65. The van der Waals surface area contributed by atoms with Gasteiger partial charge in [-0.15, -0.1) is 0 Å². The minimum atomic E-state index is -0.939. The van der Waals surface area contributed by atoms with Crippen LogP contribution in [0.2, 0.25) is 0 Å². The predicted molar refractivity (Wildman–Crippen MR) is 105 cm³/mol. The number of aromatic nitrogens is 2. The van der Waals surface area contributed by atoms with Crippen molar-refractivity contribution in [2.24, 2.45) is 0 Å². The average Bonchev–Trinajstić information content (AvgIpc) is 2.94. The molecule has 0 saturated heterocycles. The standard InChI is InChI=1S/C22H19F2N3O2/c1-12-7-18-13(9-22(2,3)29-18)8-14(12)17-10-26-19(11-25-17)27-21(28)20-15(23)5-4-6-16(20)24/h4-8,10-11H,9H2,1-3H3,(H,26,27,28). The number of carbonyl (C=O) groups excluding carboxylic acids is 1. The summed E-state index contributed by atoms with van der Waals surface area (Å²) in [4.78, 5) is 20.7. The average molecular weight is 395 g/mol. The Bertz CT molecular complexity index is 1090. The van der Waals surface area contributed by atoms with Gasteiger partial charge in [-0.3, -0.25) is 9.78 Å². The zero-order valence-corrected chi connectivity index (χ0v) is 16.2. The molecular weight excluding hydrogens is 376 g/mol. The summed E-state index contributed by atoms with van der Waals surface area (Å²) in [5, 5.41) is 2.37. The van der Waals surface area contributed by atoms with Gasteiger partial charge in [0.1, 0.15) is 28.5 Å². The number of hydrogen-bond acceptors (Lipinski definition) is 4. The van der Waals surface area contributed by atoms with Crippen LogP contribution in [0.4, 0.5) is 14.6 Å². The molecule has 0 unspecified atom stereocenters. The molecule has 3 aromatic rings. The molecule has 148 valence electrons. The number of aryl methyl sites for hydroxylation is 1. The van der Waals surface area contributed by atoms with E-state index in [9.17, 15) is 13.6 Å². The first-order chi connectivity index (χ1) is 13.7. The van der Waals surface area contributed by atoms with E-state index in [-0.39, 0.29) is 11.4 Å². The van der Waals surface area contributed by atoms with Crippen molar-refractivity contribution >= 4 is 11.7 Å². The van der Waals surface area contributed by atoms with Gasteiger partial charge >= 0.3 is 0 Å². The summed E-state index contributed by atoms with van der Waals surface area (Å²) in [7, 11) is 0. The molecule has 5 nitrogen and oxygen atoms in total. The summed E-state index contributed by atoms with van der Waals surface area (Å²) in [5.74, 6) is -1.82. The lowest BCUT2D eigenvalue weighted by Crippen LogP contribution is -2.24. The number of amides is 1. The zero-order valence-electron chi connectivity index (χ0n) is 16.2. The molecule has 1 aliphatic heterocycles. The second kappa shape index (κ2) is 6.92. The van der Waals surface area contributed by atoms with Crippen LogP contribution in [0, 0.1) is 18.6 Å². The summed E-state index contributed by atoms with van der Waals surface area (Å²) >= 11 is 0. The van der Waals surface area contributed by atoms with Crippen molar-refractivity contribution in [3.63, 3.8) is 0 Å². The number of rotatable bonds is 3. The summed E-state index contributed by atoms with van der Waals surface area (Å²) in [5.41, 5.74) is 2.73. The third kappa shape index (κ3) is 3.68. The number of ether oxygens (including phenoxy) is 1. The Morgan fingerprint density at radius 2 is 1.86 bits per heavy atom. The van der Waals surface area contributed by atoms with E-state index in [0.717, 1.165) is 41.0 Å². The molecule has 1 aliphatic rings. The number of fused-ring (bicyclic) bond motifs is 1. The number of benzene rings is 2. The largest absolute Gasteiger partial charge is 0.487 e. The van der Waals surface area contributed by atoms with Crippen LogP contribution in [0.25, 0.3) is 11.3 Å². The molecule has 1 amide bonds. The first kappa shape index (κ1) is 19.0. The highest BCUT2D eigenvalue weighted by atomic mass is 19.1. The van der Waals surface area contributed by atoms with Crippen LogP contribution in [0.5, 0.6) is 5.75 Å². The highest BCUT2D eigenvalue weighted by Gasteiger charge is 2.30. The van der Waals surface area contributed by atoms with Gasteiger partial charge < -0.3 is 10.1 Å². The molecule has 0 bridgehead atoms. The number of nitrogens with zero attached hydrogens (tertiary/aromatic N) is 2. The van der Waals surface area contributed by atoms with Crippen molar-refractivity contribution in [3.8, 4) is 17.0 Å². The van der Waals surface area contributed by atoms with Gasteiger partial charge in [0.25, 0.3) is 5.91 Å². The van der Waals surface area contributed by atoms with Crippen LogP contribution in [-0.2, 0) is 6.42 Å². The van der Waals surface area contributed by atoms with E-state index in [1.54, 1.807) is 0 Å². The van der Waals surface area contributed by atoms with Gasteiger partial charge in [0.2, 0.25) is 0 Å². The van der Waals surface area contributed by atoms with Crippen LogP contribution in [0.3, 0.4) is 0 Å². The lowest BCUT2D eigenvalue weighted by atomic mass is 9.97. The molecule has 4 rings (SSSR count). The van der Waals surface area contributed by atoms with E-state index in [2.05, 4.69) is 15.3 Å². The van der Waals surface area contributed by atoms with Crippen molar-refractivity contribution in [1.82, 2.24) is 9.97 Å². The van der Waals surface area contributed by atoms with Gasteiger partial charge in [-0.2, -0.15) is 0 Å². The SMILES string of the molecule is Cc1cc2c(cc1-c1cnc(NC(=O)c3c(F)cccc3F)cn1)CC(C)(C)O2. The molecule has 0 saturated carbocycles. The molecule has 0 fully saturated rings. The van der Waals surface area contributed by atoms with Crippen molar-refractivity contribution in [2.75, 3.05) is 5.32 Å². The fraction of sp³-hybridized carbons (Fsp3) is 0.227. The van der Waals surface area contributed by atoms with Gasteiger partial charge in [0.15, 0.2) is 5.82 Å². The summed E-state index contributed by atoms with van der Waals surface area (Å²) < 4.78 is 33.4. The molecule has 0 aliphatic carbocycles. The van der Waals surface area contributed by atoms with Gasteiger partial charge in [0.05, 0.1) is 18.1 Å². The topological polar surface area (TPSA) is 64.1 Å². The van der Waals surface area contributed by atoms with Crippen LogP contribution in [0.1, 0.15) is 35.3 Å². The Labute approximate surface area is 166 Å². The number of anilines is 1. The first-order valence-electron chi connectivity index (χ1n) is 9.14. The number of hydrogen-bond donors (Lipinski definition) is 1. The molecule has 1 aromatic heterocycles. The first-order valence-corrected chi connectivity index (χ1v) is 9.14. The van der Waals surface area contributed by atoms with Gasteiger partial charge in [-0.1, -0.05) is 6.07 Å². The monoisotopic (exact) mass is 395 g/mol. The fourth-order valence-corrected chi connectivity index (χ4v) is 3.45. The molecular formula is C22H19F2N3O2. The molecule has 0 radical (unpaired) electrons. The third-order valence-electron chi connectivity index (χ3n) is 4.77. The maximum Gasteiger partial charge on any atom is 0.262 e. The smallest absolute Gasteiger partial charge is 0.262 e. The molecule has 7 heteroatoms. The van der Waals surface area contributed by atoms with Crippen molar-refractivity contribution < 1.29 is 18.3 Å². The molecule has 0 atom stereocenters. The highest BCUT2D eigenvalue weighted by molar-refractivity contribution is 6.04. The highest BCUT2D eigenvalue weighted by Crippen LogP contribution is 2.38. The van der Waals surface area contributed by atoms with Gasteiger partial charge in [0, 0.05) is 12.0 Å². The minimum absolute atomic E-state index is 0.102. The van der Waals surface area contributed by atoms with Crippen molar-refractivity contribution in [3.05, 3.63) is 71.1 Å². The van der Waals surface area contributed by atoms with E-state index < -0.39 is 23.1 Å². The second-order valence-corrected chi connectivity index (χ2v) is 7.65. The molecule has 0 spiro atoms. The normalized spacial score (nSPS) is 14.2. The van der Waals surface area contributed by atoms with Gasteiger partial charge in [-0.05, 0) is 56.2 Å². The van der Waals surface area contributed by atoms with E-state index in [1.807, 2.05) is 32.9 Å².